The van der Waals surface area contributed by atoms with Crippen molar-refractivity contribution in [3.8, 4) is 11.1 Å². The third-order valence-electron chi connectivity index (χ3n) is 24.6. The SMILES string of the molecule is CC1(C)OB(c2ccc3oc(N)nc3c2)OC1(C)C.CC1CCN(C(=O)OC(C)(C)C)CC1.CN1CCC(n2cnc3ccc(-c4ccc5oc(N)nc5c4)cc3c2=O)CC1.CN1CCC(n2cnc3ccc(Br)cc3c2=O)CC1.O=c1[nH]cnc2ccc(Br)cc12.O=c1c2cc(Br)ccc2ncn1C1CCCCC1.O=c1c2cc(Br)ccc2ncn1C1CCNCC1. The molecule has 672 valence electrons. The van der Waals surface area contributed by atoms with Crippen LogP contribution in [0.3, 0.4) is 0 Å². The van der Waals surface area contributed by atoms with Gasteiger partial charge in [-0.1, -0.05) is 108 Å². The highest BCUT2D eigenvalue weighted by Gasteiger charge is 2.52. The van der Waals surface area contributed by atoms with Crippen LogP contribution in [0.2, 0.25) is 0 Å². The molecule has 34 heteroatoms. The van der Waals surface area contributed by atoms with E-state index in [2.05, 4.69) is 140 Å². The Morgan fingerprint density at radius 1 is 0.453 bits per heavy atom. The number of halogens is 4. The summed E-state index contributed by atoms with van der Waals surface area (Å²) in [6.45, 7) is 23.7. The number of nitrogens with two attached hydrogens (primary N) is 2. The first-order valence-electron chi connectivity index (χ1n) is 43.6. The number of likely N-dealkylation sites (tertiary alicyclic amines) is 3. The molecule has 0 radical (unpaired) electrons. The molecule has 0 spiro atoms. The number of aromatic amines is 1. The minimum Gasteiger partial charge on any atom is -0.444 e. The number of carbonyl (C=O) groups is 1. The van der Waals surface area contributed by atoms with Gasteiger partial charge in [0.05, 0.1) is 97.4 Å². The Morgan fingerprint density at radius 2 is 0.828 bits per heavy atom. The molecule has 6 N–H and O–H groups in total. The molecule has 6 aliphatic rings. The Balaban J connectivity index is 0.000000123. The number of amides is 1. The quantitative estimate of drug-likeness (QED) is 0.112. The Labute approximate surface area is 774 Å². The number of carbonyl (C=O) groups excluding carboxylic acids is 1. The molecule has 0 bridgehead atoms. The third kappa shape index (κ3) is 23.2. The van der Waals surface area contributed by atoms with E-state index in [0.717, 1.165) is 174 Å². The van der Waals surface area contributed by atoms with E-state index in [-0.39, 0.29) is 80.8 Å². The van der Waals surface area contributed by atoms with Gasteiger partial charge in [-0.25, -0.2) is 29.7 Å². The first-order chi connectivity index (χ1) is 61.2. The number of fused-ring (bicyclic) bond motifs is 7. The predicted molar refractivity (Wildman–Crippen MR) is 520 cm³/mol. The summed E-state index contributed by atoms with van der Waals surface area (Å²) >= 11 is 13.5. The summed E-state index contributed by atoms with van der Waals surface area (Å²) in [5.74, 6) is 0.744. The molecule has 0 unspecified atom stereocenters. The van der Waals surface area contributed by atoms with Gasteiger partial charge in [0.2, 0.25) is 0 Å². The summed E-state index contributed by atoms with van der Waals surface area (Å²) in [7, 11) is 3.84. The van der Waals surface area contributed by atoms with E-state index in [1.165, 1.54) is 25.6 Å². The molecule has 1 aliphatic carbocycles. The third-order valence-corrected chi connectivity index (χ3v) is 26.6. The highest BCUT2D eigenvalue weighted by Crippen LogP contribution is 2.38. The molecule has 7 aromatic carbocycles. The Hall–Kier alpha value is -10.2. The number of H-pyrrole nitrogens is 1. The minimum atomic E-state index is -0.396. The fourth-order valence-electron chi connectivity index (χ4n) is 16.4. The summed E-state index contributed by atoms with van der Waals surface area (Å²) in [6, 6.07) is 40.9. The lowest BCUT2D eigenvalue weighted by molar-refractivity contribution is 0.00578. The van der Waals surface area contributed by atoms with Gasteiger partial charge in [-0.15, -0.1) is 0 Å². The van der Waals surface area contributed by atoms with Crippen molar-refractivity contribution in [1.29, 1.82) is 0 Å². The molecule has 1 saturated carbocycles. The molecule has 29 nitrogen and oxygen atoms in total. The zero-order valence-corrected chi connectivity index (χ0v) is 80.1. The van der Waals surface area contributed by atoms with Crippen LogP contribution in [0.5, 0.6) is 0 Å². The van der Waals surface area contributed by atoms with Gasteiger partial charge in [-0.05, 0) is 298 Å². The number of anilines is 2. The second kappa shape index (κ2) is 41.3. The van der Waals surface area contributed by atoms with Gasteiger partial charge in [-0.2, -0.15) is 9.97 Å². The van der Waals surface area contributed by atoms with Gasteiger partial charge in [0, 0.05) is 55.1 Å². The maximum atomic E-state index is 13.2. The van der Waals surface area contributed by atoms with Crippen LogP contribution in [0.4, 0.5) is 16.8 Å². The van der Waals surface area contributed by atoms with Crippen LogP contribution in [-0.2, 0) is 14.0 Å². The van der Waals surface area contributed by atoms with Crippen LogP contribution in [0.15, 0.2) is 210 Å². The summed E-state index contributed by atoms with van der Waals surface area (Å²) in [5, 5.41) is 6.63. The Kier molecular flexibility index (Phi) is 30.3. The first kappa shape index (κ1) is 94.0. The molecular weight excluding hydrogens is 1890 g/mol. The number of oxazole rings is 2. The molecule has 5 saturated heterocycles. The number of nitrogens with zero attached hydrogens (tertiary/aromatic N) is 14. The van der Waals surface area contributed by atoms with Crippen molar-refractivity contribution < 1.29 is 27.7 Å². The molecule has 0 atom stereocenters. The number of nitrogens with one attached hydrogen (secondary N) is 2. The van der Waals surface area contributed by atoms with Gasteiger partial charge in [0.15, 0.2) is 11.2 Å². The number of aromatic nitrogens is 12. The van der Waals surface area contributed by atoms with E-state index in [0.29, 0.717) is 66.2 Å². The van der Waals surface area contributed by atoms with Crippen LogP contribution >= 0.6 is 63.7 Å². The zero-order chi connectivity index (χ0) is 90.9. The smallest absolute Gasteiger partial charge is 0.444 e. The van der Waals surface area contributed by atoms with E-state index in [9.17, 15) is 28.8 Å². The highest BCUT2D eigenvalue weighted by molar-refractivity contribution is 9.11. The average Bonchev–Trinajstić information content (AvgIpc) is 1.66. The van der Waals surface area contributed by atoms with Gasteiger partial charge >= 0.3 is 13.2 Å². The van der Waals surface area contributed by atoms with Crippen LogP contribution < -0.4 is 50.0 Å². The van der Waals surface area contributed by atoms with Crippen molar-refractivity contribution in [2.75, 3.05) is 77.9 Å². The molecule has 12 heterocycles. The van der Waals surface area contributed by atoms with Crippen molar-refractivity contribution in [3.05, 3.63) is 229 Å². The van der Waals surface area contributed by atoms with Crippen molar-refractivity contribution in [1.82, 2.24) is 78.2 Å². The van der Waals surface area contributed by atoms with Gasteiger partial charge < -0.3 is 59.3 Å². The Morgan fingerprint density at radius 3 is 1.27 bits per heavy atom. The second-order valence-electron chi connectivity index (χ2n) is 35.5. The van der Waals surface area contributed by atoms with Crippen molar-refractivity contribution >= 4 is 171 Å². The van der Waals surface area contributed by atoms with Crippen LogP contribution in [0.25, 0.3) is 87.8 Å². The number of hydrogen-bond donors (Lipinski definition) is 4. The number of hydrogen-bond acceptors (Lipinski definition) is 23. The maximum absolute atomic E-state index is 13.2. The lowest BCUT2D eigenvalue weighted by Crippen LogP contribution is -2.41. The van der Waals surface area contributed by atoms with E-state index in [4.69, 9.17) is 34.3 Å². The molecule has 7 aromatic heterocycles. The summed E-state index contributed by atoms with van der Waals surface area (Å²) in [6.07, 6.45) is 22.1. The average molecular weight is 2000 g/mol. The van der Waals surface area contributed by atoms with E-state index in [1.54, 1.807) is 46.6 Å². The maximum Gasteiger partial charge on any atom is 0.494 e. The lowest BCUT2D eigenvalue weighted by Gasteiger charge is -2.32. The number of nitrogen functional groups attached to an aromatic ring is 2. The topological polar surface area (TPSA) is 356 Å². The molecule has 14 aromatic rings. The highest BCUT2D eigenvalue weighted by atomic mass is 79.9. The van der Waals surface area contributed by atoms with Gasteiger partial charge in [0.1, 0.15) is 16.6 Å². The fraction of sp³-hybridized carbons (Fsp3) is 0.415. The van der Waals surface area contributed by atoms with Crippen molar-refractivity contribution in [2.24, 2.45) is 5.92 Å². The summed E-state index contributed by atoms with van der Waals surface area (Å²) < 4.78 is 38.7. The number of ether oxygens (including phenoxy) is 1. The standard InChI is InChI=1S/C21H21N5O2.C14H16BrN3O.C14H15BrN2O.C13H17BN2O3.C13H14BrN3O.C11H21NO2.C8H5BrN2O/c1-25-8-6-15(7-9-25)26-12-23-17-4-2-13(10-16(17)20(26)27)14-3-5-19-18(11-14)24-21(22)28-19;1-17-6-4-11(5-7-17)18-9-16-13-3-2-10(15)8-12(13)14(18)19;15-10-6-7-13-12(8-10)14(18)17(9-16-13)11-4-2-1-3-5-11;1-12(2)13(3,4)19-14(18-12)8-5-6-10-9(7-8)16-11(15)17-10;14-9-1-2-12-11(7-9)13(18)17(8-16-12)10-3-5-15-6-4-10;1-9-5-7-12(8-6-9)10(13)14-11(2,3)4;9-5-1-2-7-6(3-5)8(12)11-4-10-7/h2-5,10-12,15H,6-9H2,1H3,(H2,22,24);2-3,8-9,11H,4-7H2,1H3;6-9,11H,1-5H2;5-7H,1-4H3,(H2,15,16);1-2,7-8,10,15H,3-6H2;9H,5-8H2,1-4H3;1-4H,(H,10,11,12). The second-order valence-corrected chi connectivity index (χ2v) is 39.2. The van der Waals surface area contributed by atoms with Gasteiger partial charge in [0.25, 0.3) is 39.8 Å². The molecule has 20 rings (SSSR count). The number of benzene rings is 7. The van der Waals surface area contributed by atoms with E-state index in [1.807, 2.05) is 178 Å². The predicted octanol–water partition coefficient (Wildman–Crippen LogP) is 17.3. The van der Waals surface area contributed by atoms with Crippen LogP contribution in [0, 0.1) is 5.92 Å². The molecule has 128 heavy (non-hydrogen) atoms. The normalized spacial score (nSPS) is 17.3. The molecular formula is C94H109BBr4N18O11. The first-order valence-corrected chi connectivity index (χ1v) is 46.7. The van der Waals surface area contributed by atoms with Crippen molar-refractivity contribution in [3.63, 3.8) is 0 Å². The zero-order valence-electron chi connectivity index (χ0n) is 73.7. The van der Waals surface area contributed by atoms with Crippen LogP contribution in [-0.4, -0.2) is 169 Å². The molecule has 1 amide bonds. The monoisotopic (exact) mass is 1990 g/mol. The lowest BCUT2D eigenvalue weighted by atomic mass is 9.79. The largest absolute Gasteiger partial charge is 0.494 e. The van der Waals surface area contributed by atoms with Crippen LogP contribution in [0.1, 0.15) is 163 Å². The fourth-order valence-corrected chi connectivity index (χ4v) is 17.9. The summed E-state index contributed by atoms with van der Waals surface area (Å²) in [4.78, 5) is 112. The van der Waals surface area contributed by atoms with Gasteiger partial charge in [-0.3, -0.25) is 42.2 Å². The van der Waals surface area contributed by atoms with E-state index >= 15 is 0 Å². The number of rotatable bonds is 6. The van der Waals surface area contributed by atoms with E-state index < -0.39 is 7.12 Å². The minimum absolute atomic E-state index is 0.0214. The summed E-state index contributed by atoms with van der Waals surface area (Å²) in [5.41, 5.74) is 19.5. The van der Waals surface area contributed by atoms with Crippen molar-refractivity contribution in [2.45, 2.75) is 180 Å². The Bertz CT molecular complexity index is 6490. The molecule has 6 fully saturated rings. The number of piperidine rings is 4. The molecule has 5 aliphatic heterocycles.